The van der Waals surface area contributed by atoms with Gasteiger partial charge in [0.1, 0.15) is 0 Å². The van der Waals surface area contributed by atoms with E-state index in [4.69, 9.17) is 0 Å². The molecule has 2 rings (SSSR count). The highest BCUT2D eigenvalue weighted by atomic mass is 33.1. The molecule has 86 valence electrons. The van der Waals surface area contributed by atoms with Gasteiger partial charge < -0.3 is 0 Å². The van der Waals surface area contributed by atoms with Crippen LogP contribution in [0.25, 0.3) is 0 Å². The zero-order chi connectivity index (χ0) is 11.1. The minimum Gasteiger partial charge on any atom is -0.0995 e. The van der Waals surface area contributed by atoms with Crippen molar-refractivity contribution in [3.05, 3.63) is 12.2 Å². The molecule has 0 amide bonds. The highest BCUT2D eigenvalue weighted by Crippen LogP contribution is 2.61. The summed E-state index contributed by atoms with van der Waals surface area (Å²) in [6, 6.07) is 0. The maximum absolute atomic E-state index is 4.30. The lowest BCUT2D eigenvalue weighted by atomic mass is 9.72. The molecule has 1 aliphatic heterocycles. The first-order chi connectivity index (χ1) is 7.06. The van der Waals surface area contributed by atoms with Crippen LogP contribution in [0.15, 0.2) is 12.2 Å². The normalized spacial score (nSPS) is 39.1. The first-order valence-electron chi connectivity index (χ1n) is 6.08. The molecule has 0 aromatic rings. The van der Waals surface area contributed by atoms with Crippen molar-refractivity contribution in [2.24, 2.45) is 11.8 Å². The molecule has 1 aliphatic carbocycles. The summed E-state index contributed by atoms with van der Waals surface area (Å²) in [6.45, 7) is 11.4. The van der Waals surface area contributed by atoms with Crippen LogP contribution >= 0.6 is 21.6 Å². The van der Waals surface area contributed by atoms with Crippen molar-refractivity contribution in [2.75, 3.05) is 0 Å². The highest BCUT2D eigenvalue weighted by Gasteiger charge is 2.48. The summed E-state index contributed by atoms with van der Waals surface area (Å²) >= 11 is 0. The van der Waals surface area contributed by atoms with Gasteiger partial charge in [0.15, 0.2) is 0 Å². The third-order valence-corrected chi connectivity index (χ3v) is 7.91. The summed E-state index contributed by atoms with van der Waals surface area (Å²) in [6.07, 6.45) is 5.30. The van der Waals surface area contributed by atoms with Gasteiger partial charge in [0.05, 0.1) is 0 Å². The number of fused-ring (bicyclic) bond motifs is 1. The van der Waals surface area contributed by atoms with Gasteiger partial charge in [-0.2, -0.15) is 0 Å². The van der Waals surface area contributed by atoms with Crippen LogP contribution in [0.4, 0.5) is 0 Å². The molecule has 3 atom stereocenters. The Morgan fingerprint density at radius 3 is 2.87 bits per heavy atom. The Balaban J connectivity index is 2.15. The Morgan fingerprint density at radius 2 is 2.20 bits per heavy atom. The van der Waals surface area contributed by atoms with Gasteiger partial charge in [0.2, 0.25) is 0 Å². The summed E-state index contributed by atoms with van der Waals surface area (Å²) in [5.41, 5.74) is 1.53. The van der Waals surface area contributed by atoms with Crippen LogP contribution in [0.1, 0.15) is 46.5 Å². The lowest BCUT2D eigenvalue weighted by Gasteiger charge is -2.38. The van der Waals surface area contributed by atoms with Crippen LogP contribution in [0.3, 0.4) is 0 Å². The fourth-order valence-corrected chi connectivity index (χ4v) is 7.16. The SMILES string of the molecule is C=C1CCC2C(SSC2(C)C)C1CCC. The predicted octanol–water partition coefficient (Wildman–Crippen LogP) is 4.91. The van der Waals surface area contributed by atoms with Crippen LogP contribution in [-0.2, 0) is 0 Å². The van der Waals surface area contributed by atoms with Gasteiger partial charge in [0, 0.05) is 10.00 Å². The standard InChI is InChI=1S/C13H22S2/c1-5-6-10-9(2)7-8-11-12(10)14-15-13(11,3)4/h10-12H,2,5-8H2,1,3-4H3. The molecule has 2 fully saturated rings. The second-order valence-corrected chi connectivity index (χ2v) is 8.48. The van der Waals surface area contributed by atoms with Gasteiger partial charge in [0.25, 0.3) is 0 Å². The van der Waals surface area contributed by atoms with E-state index in [-0.39, 0.29) is 0 Å². The lowest BCUT2D eigenvalue weighted by Crippen LogP contribution is -2.37. The van der Waals surface area contributed by atoms with Crippen molar-refractivity contribution in [1.82, 2.24) is 0 Å². The lowest BCUT2D eigenvalue weighted by molar-refractivity contribution is 0.293. The Kier molecular flexibility index (Phi) is 3.47. The Hall–Kier alpha value is 0.440. The third-order valence-electron chi connectivity index (χ3n) is 3.96. The van der Waals surface area contributed by atoms with E-state index in [1.165, 1.54) is 31.3 Å². The van der Waals surface area contributed by atoms with E-state index in [9.17, 15) is 0 Å². The van der Waals surface area contributed by atoms with Gasteiger partial charge >= 0.3 is 0 Å². The van der Waals surface area contributed by atoms with Crippen LogP contribution in [-0.4, -0.2) is 10.00 Å². The fraction of sp³-hybridized carbons (Fsp3) is 0.846. The van der Waals surface area contributed by atoms with E-state index >= 15 is 0 Å². The molecule has 2 aliphatic rings. The quantitative estimate of drug-likeness (QED) is 0.498. The number of allylic oxidation sites excluding steroid dienone is 1. The summed E-state index contributed by atoms with van der Waals surface area (Å²) in [5.74, 6) is 1.71. The zero-order valence-electron chi connectivity index (χ0n) is 10.1. The van der Waals surface area contributed by atoms with Crippen LogP contribution in [0, 0.1) is 11.8 Å². The van der Waals surface area contributed by atoms with Gasteiger partial charge in [-0.3, -0.25) is 0 Å². The molecule has 0 N–H and O–H groups in total. The maximum atomic E-state index is 4.30. The fourth-order valence-electron chi connectivity index (χ4n) is 3.00. The zero-order valence-corrected chi connectivity index (χ0v) is 11.7. The molecule has 2 heteroatoms. The van der Waals surface area contributed by atoms with Crippen molar-refractivity contribution in [3.8, 4) is 0 Å². The second kappa shape index (κ2) is 4.37. The number of hydrogen-bond acceptors (Lipinski definition) is 2. The highest BCUT2D eigenvalue weighted by molar-refractivity contribution is 8.77. The van der Waals surface area contributed by atoms with Crippen molar-refractivity contribution in [2.45, 2.75) is 56.5 Å². The van der Waals surface area contributed by atoms with E-state index in [1.807, 2.05) is 0 Å². The van der Waals surface area contributed by atoms with E-state index in [1.54, 1.807) is 0 Å². The third kappa shape index (κ3) is 2.12. The van der Waals surface area contributed by atoms with Gasteiger partial charge in [-0.05, 0) is 44.9 Å². The Labute approximate surface area is 102 Å². The summed E-state index contributed by atoms with van der Waals surface area (Å²) in [4.78, 5) is 0. The van der Waals surface area contributed by atoms with Crippen LogP contribution in [0.5, 0.6) is 0 Å². The number of rotatable bonds is 2. The van der Waals surface area contributed by atoms with E-state index < -0.39 is 0 Å². The molecule has 0 aromatic carbocycles. The van der Waals surface area contributed by atoms with Crippen LogP contribution < -0.4 is 0 Å². The van der Waals surface area contributed by atoms with Gasteiger partial charge in [-0.15, -0.1) is 0 Å². The second-order valence-electron chi connectivity index (χ2n) is 5.45. The summed E-state index contributed by atoms with van der Waals surface area (Å²) in [7, 11) is 4.25. The summed E-state index contributed by atoms with van der Waals surface area (Å²) in [5, 5.41) is 0.853. The Morgan fingerprint density at radius 1 is 1.47 bits per heavy atom. The molecular weight excluding hydrogens is 220 g/mol. The first kappa shape index (κ1) is 11.9. The molecule has 1 saturated heterocycles. The molecule has 1 heterocycles. The molecule has 1 saturated carbocycles. The molecule has 0 radical (unpaired) electrons. The van der Waals surface area contributed by atoms with Crippen LogP contribution in [0.2, 0.25) is 0 Å². The first-order valence-corrected chi connectivity index (χ1v) is 8.29. The minimum atomic E-state index is 0.488. The largest absolute Gasteiger partial charge is 0.0995 e. The van der Waals surface area contributed by atoms with Crippen molar-refractivity contribution >= 4 is 21.6 Å². The molecule has 0 aromatic heterocycles. The number of hydrogen-bond donors (Lipinski definition) is 0. The molecule has 3 unspecified atom stereocenters. The van der Waals surface area contributed by atoms with Crippen molar-refractivity contribution < 1.29 is 0 Å². The molecule has 15 heavy (non-hydrogen) atoms. The van der Waals surface area contributed by atoms with Crippen molar-refractivity contribution in [1.29, 1.82) is 0 Å². The Bertz CT molecular complexity index is 257. The predicted molar refractivity (Wildman–Crippen MR) is 73.3 cm³/mol. The van der Waals surface area contributed by atoms with E-state index in [0.717, 1.165) is 17.1 Å². The average Bonchev–Trinajstić information content (AvgIpc) is 2.47. The van der Waals surface area contributed by atoms with Gasteiger partial charge in [-0.1, -0.05) is 47.1 Å². The van der Waals surface area contributed by atoms with E-state index in [0.29, 0.717) is 4.75 Å². The van der Waals surface area contributed by atoms with E-state index in [2.05, 4.69) is 48.9 Å². The van der Waals surface area contributed by atoms with Crippen molar-refractivity contribution in [3.63, 3.8) is 0 Å². The molecular formula is C13H22S2. The molecule has 0 nitrogen and oxygen atoms in total. The topological polar surface area (TPSA) is 0 Å². The minimum absolute atomic E-state index is 0.488. The molecule has 0 bridgehead atoms. The monoisotopic (exact) mass is 242 g/mol. The van der Waals surface area contributed by atoms with Gasteiger partial charge in [-0.25, -0.2) is 0 Å². The maximum Gasteiger partial charge on any atom is 0.0258 e. The average molecular weight is 242 g/mol. The summed E-state index contributed by atoms with van der Waals surface area (Å²) < 4.78 is 0.488. The molecule has 0 spiro atoms. The smallest absolute Gasteiger partial charge is 0.0258 e.